The van der Waals surface area contributed by atoms with Crippen molar-refractivity contribution in [3.63, 3.8) is 0 Å². The van der Waals surface area contributed by atoms with E-state index in [1.54, 1.807) is 11.8 Å². The van der Waals surface area contributed by atoms with Gasteiger partial charge in [-0.3, -0.25) is 0 Å². The Morgan fingerprint density at radius 3 is 2.58 bits per heavy atom. The summed E-state index contributed by atoms with van der Waals surface area (Å²) in [4.78, 5) is 2.46. The number of hydrogen-bond acceptors (Lipinski definition) is 1. The van der Waals surface area contributed by atoms with Gasteiger partial charge in [0.25, 0.3) is 0 Å². The van der Waals surface area contributed by atoms with Crippen LogP contribution in [0.1, 0.15) is 18.1 Å². The van der Waals surface area contributed by atoms with Crippen molar-refractivity contribution in [2.24, 2.45) is 0 Å². The number of hydrogen-bond donors (Lipinski definition) is 0. The molecule has 0 fully saturated rings. The molecule has 0 saturated carbocycles. The van der Waals surface area contributed by atoms with Crippen molar-refractivity contribution in [2.45, 2.75) is 25.7 Å². The Hall–Kier alpha value is -0.690. The maximum atomic E-state index is 3.88. The van der Waals surface area contributed by atoms with E-state index in [1.165, 1.54) is 16.0 Å². The van der Waals surface area contributed by atoms with Gasteiger partial charge in [0, 0.05) is 4.90 Å². The molecule has 0 atom stereocenters. The van der Waals surface area contributed by atoms with E-state index in [0.717, 1.165) is 4.91 Å². The quantitative estimate of drug-likeness (QED) is 0.618. The lowest BCUT2D eigenvalue weighted by atomic mass is 10.1. The number of aryl methyl sites for hydroxylation is 1. The number of thioether (sulfide) groups is 1. The normalized spacial score (nSPS) is 9.92. The Morgan fingerprint density at radius 2 is 2.00 bits per heavy atom. The molecular weight excluding hydrogens is 164 g/mol. The highest BCUT2D eigenvalue weighted by Crippen LogP contribution is 2.28. The molecule has 0 aliphatic carbocycles. The van der Waals surface area contributed by atoms with E-state index in [1.807, 2.05) is 6.92 Å². The van der Waals surface area contributed by atoms with Crippen molar-refractivity contribution >= 4 is 11.8 Å². The maximum Gasteiger partial charge on any atom is 0.0150 e. The standard InChI is InChI=1S/C11H14S/c1-8(2)12-11-7-5-6-9(3)10(11)4/h5-7H,1H2,2-4H3. The van der Waals surface area contributed by atoms with Gasteiger partial charge >= 0.3 is 0 Å². The summed E-state index contributed by atoms with van der Waals surface area (Å²) >= 11 is 1.74. The fourth-order valence-electron chi connectivity index (χ4n) is 1.02. The number of rotatable bonds is 2. The van der Waals surface area contributed by atoms with Crippen LogP contribution in [0.3, 0.4) is 0 Å². The summed E-state index contributed by atoms with van der Waals surface area (Å²) in [5, 5.41) is 0. The van der Waals surface area contributed by atoms with Gasteiger partial charge in [-0.25, -0.2) is 0 Å². The van der Waals surface area contributed by atoms with Crippen molar-refractivity contribution in [2.75, 3.05) is 0 Å². The first-order chi connectivity index (χ1) is 5.61. The monoisotopic (exact) mass is 178 g/mol. The number of benzene rings is 1. The number of allylic oxidation sites excluding steroid dienone is 1. The molecule has 0 saturated heterocycles. The predicted molar refractivity (Wildman–Crippen MR) is 56.6 cm³/mol. The zero-order valence-electron chi connectivity index (χ0n) is 7.85. The molecule has 0 spiro atoms. The van der Waals surface area contributed by atoms with Crippen molar-refractivity contribution < 1.29 is 0 Å². The van der Waals surface area contributed by atoms with E-state index in [2.05, 4.69) is 38.6 Å². The van der Waals surface area contributed by atoms with Gasteiger partial charge in [-0.15, -0.1) is 0 Å². The minimum absolute atomic E-state index is 1.14. The third-order valence-electron chi connectivity index (χ3n) is 1.84. The van der Waals surface area contributed by atoms with Gasteiger partial charge in [0.15, 0.2) is 0 Å². The van der Waals surface area contributed by atoms with Crippen LogP contribution < -0.4 is 0 Å². The SMILES string of the molecule is C=C(C)Sc1cccc(C)c1C. The third kappa shape index (κ3) is 2.15. The molecular formula is C11H14S. The lowest BCUT2D eigenvalue weighted by Gasteiger charge is -2.06. The van der Waals surface area contributed by atoms with Crippen LogP contribution in [0.15, 0.2) is 34.6 Å². The molecule has 0 aliphatic heterocycles. The smallest absolute Gasteiger partial charge is 0.0150 e. The Labute approximate surface area is 78.7 Å². The Kier molecular flexibility index (Phi) is 2.99. The molecule has 0 unspecified atom stereocenters. The average Bonchev–Trinajstić information content (AvgIpc) is 1.98. The van der Waals surface area contributed by atoms with Crippen molar-refractivity contribution in [3.05, 3.63) is 40.8 Å². The van der Waals surface area contributed by atoms with Gasteiger partial charge in [-0.05, 0) is 42.9 Å². The summed E-state index contributed by atoms with van der Waals surface area (Å²) < 4.78 is 0. The minimum Gasteiger partial charge on any atom is -0.0952 e. The summed E-state index contributed by atoms with van der Waals surface area (Å²) in [6.45, 7) is 10.2. The second-order valence-corrected chi connectivity index (χ2v) is 4.34. The second-order valence-electron chi connectivity index (χ2n) is 3.00. The zero-order chi connectivity index (χ0) is 9.14. The molecule has 12 heavy (non-hydrogen) atoms. The van der Waals surface area contributed by atoms with E-state index in [-0.39, 0.29) is 0 Å². The van der Waals surface area contributed by atoms with Crippen molar-refractivity contribution in [1.82, 2.24) is 0 Å². The molecule has 0 radical (unpaired) electrons. The summed E-state index contributed by atoms with van der Waals surface area (Å²) in [6, 6.07) is 6.37. The summed E-state index contributed by atoms with van der Waals surface area (Å²) in [5.74, 6) is 0. The van der Waals surface area contributed by atoms with Crippen LogP contribution in [-0.2, 0) is 0 Å². The fourth-order valence-corrected chi connectivity index (χ4v) is 1.86. The first kappa shape index (κ1) is 9.40. The lowest BCUT2D eigenvalue weighted by Crippen LogP contribution is -1.83. The van der Waals surface area contributed by atoms with Crippen LogP contribution in [0.25, 0.3) is 0 Å². The first-order valence-corrected chi connectivity index (χ1v) is 4.82. The molecule has 0 bridgehead atoms. The van der Waals surface area contributed by atoms with Crippen LogP contribution in [0.5, 0.6) is 0 Å². The zero-order valence-corrected chi connectivity index (χ0v) is 8.66. The van der Waals surface area contributed by atoms with E-state index in [0.29, 0.717) is 0 Å². The highest BCUT2D eigenvalue weighted by molar-refractivity contribution is 8.03. The van der Waals surface area contributed by atoms with Gasteiger partial charge in [-0.1, -0.05) is 30.5 Å². The molecule has 1 aromatic carbocycles. The highest BCUT2D eigenvalue weighted by atomic mass is 32.2. The molecule has 0 nitrogen and oxygen atoms in total. The predicted octanol–water partition coefficient (Wildman–Crippen LogP) is 3.93. The fraction of sp³-hybridized carbons (Fsp3) is 0.273. The molecule has 0 heterocycles. The van der Waals surface area contributed by atoms with Crippen LogP contribution in [-0.4, -0.2) is 0 Å². The molecule has 1 heteroatoms. The van der Waals surface area contributed by atoms with Gasteiger partial charge in [0.1, 0.15) is 0 Å². The molecule has 1 aromatic rings. The molecule has 0 aromatic heterocycles. The van der Waals surface area contributed by atoms with Gasteiger partial charge in [0.05, 0.1) is 0 Å². The molecule has 64 valence electrons. The Morgan fingerprint density at radius 1 is 1.33 bits per heavy atom. The molecule has 0 amide bonds. The van der Waals surface area contributed by atoms with Crippen LogP contribution >= 0.6 is 11.8 Å². The second kappa shape index (κ2) is 3.81. The van der Waals surface area contributed by atoms with Crippen molar-refractivity contribution in [3.8, 4) is 0 Å². The largest absolute Gasteiger partial charge is 0.0952 e. The van der Waals surface area contributed by atoms with Gasteiger partial charge in [-0.2, -0.15) is 0 Å². The molecule has 0 N–H and O–H groups in total. The first-order valence-electron chi connectivity index (χ1n) is 4.01. The van der Waals surface area contributed by atoms with E-state index < -0.39 is 0 Å². The van der Waals surface area contributed by atoms with Crippen molar-refractivity contribution in [1.29, 1.82) is 0 Å². The minimum atomic E-state index is 1.14. The van der Waals surface area contributed by atoms with E-state index in [4.69, 9.17) is 0 Å². The average molecular weight is 178 g/mol. The topological polar surface area (TPSA) is 0 Å². The van der Waals surface area contributed by atoms with E-state index in [9.17, 15) is 0 Å². The highest BCUT2D eigenvalue weighted by Gasteiger charge is 2.00. The van der Waals surface area contributed by atoms with Crippen LogP contribution in [0.2, 0.25) is 0 Å². The third-order valence-corrected chi connectivity index (χ3v) is 2.85. The Balaban J connectivity index is 3.00. The summed E-state index contributed by atoms with van der Waals surface area (Å²) in [6.07, 6.45) is 0. The Bertz CT molecular complexity index is 300. The molecule has 1 rings (SSSR count). The maximum absolute atomic E-state index is 3.88. The van der Waals surface area contributed by atoms with E-state index >= 15 is 0 Å². The summed E-state index contributed by atoms with van der Waals surface area (Å²) in [5.41, 5.74) is 2.71. The summed E-state index contributed by atoms with van der Waals surface area (Å²) in [7, 11) is 0. The van der Waals surface area contributed by atoms with Gasteiger partial charge < -0.3 is 0 Å². The lowest BCUT2D eigenvalue weighted by molar-refractivity contribution is 1.23. The van der Waals surface area contributed by atoms with Crippen LogP contribution in [0.4, 0.5) is 0 Å². The van der Waals surface area contributed by atoms with Crippen LogP contribution in [0, 0.1) is 13.8 Å². The molecule has 0 aliphatic rings. The van der Waals surface area contributed by atoms with Gasteiger partial charge in [0.2, 0.25) is 0 Å².